The van der Waals surface area contributed by atoms with Crippen LogP contribution in [0.15, 0.2) is 224 Å². The summed E-state index contributed by atoms with van der Waals surface area (Å²) in [6.07, 6.45) is 10.9. The zero-order valence-corrected chi connectivity index (χ0v) is 37.0. The van der Waals surface area contributed by atoms with Crippen LogP contribution in [0.25, 0.3) is 65.7 Å². The molecule has 2 aliphatic carbocycles. The molecule has 0 radical (unpaired) electrons. The summed E-state index contributed by atoms with van der Waals surface area (Å²) in [7, 11) is 0. The second kappa shape index (κ2) is 15.8. The number of hydrogen-bond donors (Lipinski definition) is 0. The van der Waals surface area contributed by atoms with E-state index in [1.54, 1.807) is 0 Å². The van der Waals surface area contributed by atoms with Crippen LogP contribution >= 0.6 is 0 Å². The third kappa shape index (κ3) is 6.31. The van der Waals surface area contributed by atoms with E-state index in [0.717, 1.165) is 42.7 Å². The van der Waals surface area contributed by atoms with Gasteiger partial charge in [0.1, 0.15) is 0 Å². The molecular formula is C63H50N2. The van der Waals surface area contributed by atoms with Gasteiger partial charge in [-0.25, -0.2) is 0 Å². The molecule has 0 heterocycles. The molecule has 0 saturated carbocycles. The minimum Gasteiger partial charge on any atom is -0.314 e. The Bertz CT molecular complexity index is 3390. The average Bonchev–Trinajstić information content (AvgIpc) is 3.65. The van der Waals surface area contributed by atoms with E-state index in [1.807, 2.05) is 0 Å². The Labute approximate surface area is 382 Å². The van der Waals surface area contributed by atoms with Crippen LogP contribution < -0.4 is 9.80 Å². The van der Waals surface area contributed by atoms with Crippen molar-refractivity contribution in [1.82, 2.24) is 0 Å². The molecule has 0 aromatic heterocycles. The zero-order valence-electron chi connectivity index (χ0n) is 37.0. The van der Waals surface area contributed by atoms with E-state index in [4.69, 9.17) is 0 Å². The summed E-state index contributed by atoms with van der Waals surface area (Å²) < 4.78 is 0. The van der Waals surface area contributed by atoms with Crippen LogP contribution in [0.4, 0.5) is 28.4 Å². The van der Waals surface area contributed by atoms with Gasteiger partial charge in [-0.2, -0.15) is 0 Å². The van der Waals surface area contributed by atoms with Crippen LogP contribution in [0.3, 0.4) is 0 Å². The molecule has 10 aromatic carbocycles. The maximum Gasteiger partial charge on any atom is 0.0462 e. The van der Waals surface area contributed by atoms with Crippen LogP contribution in [0, 0.1) is 0 Å². The molecule has 0 spiro atoms. The third-order valence-electron chi connectivity index (χ3n) is 14.5. The molecule has 10 aromatic rings. The highest BCUT2D eigenvalue weighted by Crippen LogP contribution is 2.55. The van der Waals surface area contributed by atoms with Gasteiger partial charge in [0, 0.05) is 39.5 Å². The van der Waals surface area contributed by atoms with Crippen molar-refractivity contribution in [2.45, 2.75) is 44.9 Å². The monoisotopic (exact) mass is 834 g/mol. The predicted molar refractivity (Wildman–Crippen MR) is 278 cm³/mol. The van der Waals surface area contributed by atoms with Crippen LogP contribution in [0.1, 0.15) is 50.7 Å². The molecule has 2 nitrogen and oxygen atoms in total. The predicted octanol–water partition coefficient (Wildman–Crippen LogP) is 17.8. The number of anilines is 5. The standard InChI is InChI=1S/C63H50N2/c1-3-63(4-2)59-41-46(31-37-55(59)56-40-34-52(42-60(56)63)65(49-21-13-7-14-22-49)50-23-15-8-16-24-50)54-36-28-45-29-38-57-53(35-27-44-30-39-58(54)62(45)61(44)57)43-25-32-51(33-26-43)64(47-17-9-5-10-18-47)48-19-11-6-12-20-48/h5-15,17-23,25-42H,3-4,16,24H2,1-2H3. The first-order valence-corrected chi connectivity index (χ1v) is 23.4. The smallest absolute Gasteiger partial charge is 0.0462 e. The van der Waals surface area contributed by atoms with E-state index in [1.165, 1.54) is 93.9 Å². The minimum atomic E-state index is -0.0899. The van der Waals surface area contributed by atoms with Crippen LogP contribution in [0.5, 0.6) is 0 Å². The van der Waals surface area contributed by atoms with Crippen molar-refractivity contribution in [2.75, 3.05) is 9.80 Å². The molecule has 0 amide bonds. The van der Waals surface area contributed by atoms with Crippen molar-refractivity contribution < 1.29 is 0 Å². The van der Waals surface area contributed by atoms with E-state index in [2.05, 4.69) is 242 Å². The van der Waals surface area contributed by atoms with Gasteiger partial charge in [0.2, 0.25) is 0 Å². The van der Waals surface area contributed by atoms with Crippen molar-refractivity contribution in [3.05, 3.63) is 235 Å². The summed E-state index contributed by atoms with van der Waals surface area (Å²) in [5, 5.41) is 7.82. The molecule has 0 unspecified atom stereocenters. The van der Waals surface area contributed by atoms with Gasteiger partial charge in [-0.05, 0) is 175 Å². The molecule has 0 N–H and O–H groups in total. The normalized spacial score (nSPS) is 13.8. The number of fused-ring (bicyclic) bond motifs is 3. The number of rotatable bonds is 10. The molecular weight excluding hydrogens is 785 g/mol. The SMILES string of the molecule is CCC1(CC)c2cc(-c3ccc4ccc5c(-c6ccc(N(c7ccccc7)c7ccccc7)cc6)ccc6ccc3c4c65)ccc2-c2ccc(N(C3=CC=CCC3)c3ccccc3)cc21. The van der Waals surface area contributed by atoms with Crippen LogP contribution in [-0.4, -0.2) is 0 Å². The molecule has 0 saturated heterocycles. The van der Waals surface area contributed by atoms with Gasteiger partial charge in [-0.15, -0.1) is 0 Å². The lowest BCUT2D eigenvalue weighted by Gasteiger charge is -2.33. The maximum absolute atomic E-state index is 2.54. The van der Waals surface area contributed by atoms with Gasteiger partial charge < -0.3 is 9.80 Å². The number of nitrogens with zero attached hydrogens (tertiary/aromatic N) is 2. The third-order valence-corrected chi connectivity index (χ3v) is 14.5. The molecule has 2 heteroatoms. The Balaban J connectivity index is 0.945. The highest BCUT2D eigenvalue weighted by atomic mass is 15.2. The first-order valence-electron chi connectivity index (χ1n) is 23.4. The average molecular weight is 835 g/mol. The van der Waals surface area contributed by atoms with Crippen molar-refractivity contribution in [2.24, 2.45) is 0 Å². The van der Waals surface area contributed by atoms with E-state index < -0.39 is 0 Å². The summed E-state index contributed by atoms with van der Waals surface area (Å²) in [5.41, 5.74) is 17.8. The van der Waals surface area contributed by atoms with E-state index in [-0.39, 0.29) is 5.41 Å². The fraction of sp³-hybridized carbons (Fsp3) is 0.111. The second-order valence-corrected chi connectivity index (χ2v) is 17.8. The van der Waals surface area contributed by atoms with Crippen molar-refractivity contribution in [3.8, 4) is 33.4 Å². The van der Waals surface area contributed by atoms with Crippen molar-refractivity contribution >= 4 is 60.8 Å². The largest absolute Gasteiger partial charge is 0.314 e. The van der Waals surface area contributed by atoms with Gasteiger partial charge >= 0.3 is 0 Å². The lowest BCUT2D eigenvalue weighted by molar-refractivity contribution is 0.490. The molecule has 0 fully saturated rings. The lowest BCUT2D eigenvalue weighted by Crippen LogP contribution is -2.24. The first kappa shape index (κ1) is 39.0. The highest BCUT2D eigenvalue weighted by Gasteiger charge is 2.41. The topological polar surface area (TPSA) is 6.48 Å². The van der Waals surface area contributed by atoms with E-state index >= 15 is 0 Å². The van der Waals surface area contributed by atoms with Gasteiger partial charge in [0.05, 0.1) is 0 Å². The maximum atomic E-state index is 2.54. The summed E-state index contributed by atoms with van der Waals surface area (Å²) >= 11 is 0. The molecule has 0 bridgehead atoms. The number of benzene rings is 10. The van der Waals surface area contributed by atoms with E-state index in [9.17, 15) is 0 Å². The Kier molecular flexibility index (Phi) is 9.49. The summed E-state index contributed by atoms with van der Waals surface area (Å²) in [6, 6.07) is 74.5. The Morgan fingerprint density at radius 2 is 0.877 bits per heavy atom. The number of para-hydroxylation sites is 3. The molecule has 0 atom stereocenters. The summed E-state index contributed by atoms with van der Waals surface area (Å²) in [4.78, 5) is 4.80. The van der Waals surface area contributed by atoms with Gasteiger partial charge in [0.15, 0.2) is 0 Å². The summed E-state index contributed by atoms with van der Waals surface area (Å²) in [6.45, 7) is 4.77. The molecule has 65 heavy (non-hydrogen) atoms. The highest BCUT2D eigenvalue weighted by molar-refractivity contribution is 6.27. The Morgan fingerprint density at radius 3 is 1.43 bits per heavy atom. The van der Waals surface area contributed by atoms with Crippen molar-refractivity contribution in [1.29, 1.82) is 0 Å². The van der Waals surface area contributed by atoms with Gasteiger partial charge in [-0.3, -0.25) is 0 Å². The van der Waals surface area contributed by atoms with Gasteiger partial charge in [-0.1, -0.05) is 159 Å². The van der Waals surface area contributed by atoms with Crippen LogP contribution in [-0.2, 0) is 5.41 Å². The molecule has 0 aliphatic heterocycles. The van der Waals surface area contributed by atoms with Crippen LogP contribution in [0.2, 0.25) is 0 Å². The molecule has 12 rings (SSSR count). The minimum absolute atomic E-state index is 0.0899. The molecule has 2 aliphatic rings. The number of hydrogen-bond acceptors (Lipinski definition) is 2. The lowest BCUT2D eigenvalue weighted by atomic mass is 9.73. The first-order chi connectivity index (χ1) is 32.1. The second-order valence-electron chi connectivity index (χ2n) is 17.8. The quantitative estimate of drug-likeness (QED) is 0.127. The fourth-order valence-corrected chi connectivity index (χ4v) is 11.3. The fourth-order valence-electron chi connectivity index (χ4n) is 11.3. The Hall–Kier alpha value is -7.68. The van der Waals surface area contributed by atoms with E-state index in [0.29, 0.717) is 0 Å². The van der Waals surface area contributed by atoms with Gasteiger partial charge in [0.25, 0.3) is 0 Å². The Morgan fingerprint density at radius 1 is 0.415 bits per heavy atom. The molecule has 312 valence electrons. The summed E-state index contributed by atoms with van der Waals surface area (Å²) in [5.74, 6) is 0. The van der Waals surface area contributed by atoms with Crippen molar-refractivity contribution in [3.63, 3.8) is 0 Å². The number of allylic oxidation sites excluding steroid dienone is 4. The zero-order chi connectivity index (χ0) is 43.5.